The lowest BCUT2D eigenvalue weighted by Gasteiger charge is -2.14. The van der Waals surface area contributed by atoms with Crippen LogP contribution in [0.2, 0.25) is 0 Å². The molecule has 2 aromatic carbocycles. The van der Waals surface area contributed by atoms with E-state index < -0.39 is 21.7 Å². The predicted octanol–water partition coefficient (Wildman–Crippen LogP) is 4.84. The molecule has 2 rings (SSSR count). The van der Waals surface area contributed by atoms with E-state index >= 15 is 0 Å². The number of benzene rings is 2. The Labute approximate surface area is 179 Å². The van der Waals surface area contributed by atoms with Gasteiger partial charge in [-0.25, -0.2) is 0 Å². The van der Waals surface area contributed by atoms with Gasteiger partial charge in [-0.1, -0.05) is 21.6 Å². The molecule has 0 aliphatic heterocycles. The first-order valence-electron chi connectivity index (χ1n) is 8.48. The largest absolute Gasteiger partial charge is 0.320 e. The van der Waals surface area contributed by atoms with Crippen molar-refractivity contribution in [1.82, 2.24) is 0 Å². The van der Waals surface area contributed by atoms with E-state index in [0.717, 1.165) is 0 Å². The van der Waals surface area contributed by atoms with Crippen LogP contribution in [0.4, 0.5) is 22.7 Å². The zero-order valence-corrected chi connectivity index (χ0v) is 18.1. The molecule has 0 bridgehead atoms. The molecule has 12 heteroatoms. The van der Waals surface area contributed by atoms with Crippen molar-refractivity contribution in [3.8, 4) is 0 Å². The summed E-state index contributed by atoms with van der Waals surface area (Å²) in [5.41, 5.74) is 0.875. The van der Waals surface area contributed by atoms with Gasteiger partial charge in [-0.3, -0.25) is 29.8 Å². The number of nitrogens with zero attached hydrogens (tertiary/aromatic N) is 2. The van der Waals surface area contributed by atoms with E-state index in [4.69, 9.17) is 0 Å². The second-order valence-corrected chi connectivity index (χ2v) is 8.42. The Balaban J connectivity index is 2.39. The minimum absolute atomic E-state index is 0.123. The van der Waals surface area contributed by atoms with Crippen LogP contribution in [0.15, 0.2) is 34.1 Å². The molecule has 0 saturated heterocycles. The highest BCUT2D eigenvalue weighted by molar-refractivity contribution is 8.76. The van der Waals surface area contributed by atoms with Crippen LogP contribution >= 0.6 is 21.6 Å². The maximum atomic E-state index is 11.5. The Hall–Kier alpha value is -3.12. The van der Waals surface area contributed by atoms with Crippen LogP contribution < -0.4 is 10.6 Å². The summed E-state index contributed by atoms with van der Waals surface area (Å²) in [5, 5.41) is 27.5. The first kappa shape index (κ1) is 23.2. The summed E-state index contributed by atoms with van der Waals surface area (Å²) in [6.45, 7) is 5.85. The van der Waals surface area contributed by atoms with Gasteiger partial charge >= 0.3 is 0 Å². The Morgan fingerprint density at radius 1 is 0.767 bits per heavy atom. The maximum Gasteiger partial charge on any atom is 0.293 e. The van der Waals surface area contributed by atoms with Gasteiger partial charge < -0.3 is 10.6 Å². The Bertz CT molecular complexity index is 974. The minimum Gasteiger partial charge on any atom is -0.320 e. The molecule has 0 unspecified atom stereocenters. The van der Waals surface area contributed by atoms with Gasteiger partial charge in [-0.15, -0.1) is 0 Å². The molecule has 2 aromatic rings. The van der Waals surface area contributed by atoms with Crippen LogP contribution in [0.25, 0.3) is 0 Å². The van der Waals surface area contributed by atoms with E-state index in [1.807, 2.05) is 0 Å². The Kier molecular flexibility index (Phi) is 7.40. The average molecular weight is 450 g/mol. The molecule has 2 amide bonds. The molecule has 2 N–H and O–H groups in total. The molecule has 0 spiro atoms. The van der Waals surface area contributed by atoms with Crippen LogP contribution in [0.1, 0.15) is 25.0 Å². The Morgan fingerprint density at radius 2 is 1.10 bits per heavy atom. The number of nitrogens with one attached hydrogen (secondary N) is 2. The summed E-state index contributed by atoms with van der Waals surface area (Å²) in [6.07, 6.45) is 0. The van der Waals surface area contributed by atoms with Crippen LogP contribution in [0.3, 0.4) is 0 Å². The molecule has 0 fully saturated rings. The van der Waals surface area contributed by atoms with Crippen LogP contribution in [-0.4, -0.2) is 21.7 Å². The molecule has 0 aliphatic carbocycles. The fraction of sp³-hybridized carbons (Fsp3) is 0.222. The highest BCUT2D eigenvalue weighted by Crippen LogP contribution is 2.46. The summed E-state index contributed by atoms with van der Waals surface area (Å²) >= 11 is 0. The molecule has 0 aliphatic rings. The van der Waals surface area contributed by atoms with Crippen LogP contribution in [-0.2, 0) is 9.59 Å². The third-order valence-corrected chi connectivity index (χ3v) is 6.66. The highest BCUT2D eigenvalue weighted by Gasteiger charge is 2.22. The normalized spacial score (nSPS) is 10.4. The van der Waals surface area contributed by atoms with Gasteiger partial charge in [0.2, 0.25) is 11.8 Å². The van der Waals surface area contributed by atoms with E-state index in [0.29, 0.717) is 20.9 Å². The molecule has 30 heavy (non-hydrogen) atoms. The molecular formula is C18H18N4O6S2. The SMILES string of the molecule is CC(=O)Nc1c([N+](=O)[O-])ccc(SSc2ccc([N+](=O)[O-])c(NC(C)=O)c2C)c1C. The topological polar surface area (TPSA) is 144 Å². The van der Waals surface area contributed by atoms with E-state index in [1.165, 1.54) is 47.6 Å². The second-order valence-electron chi connectivity index (χ2n) is 6.21. The molecule has 0 aromatic heterocycles. The van der Waals surface area contributed by atoms with Gasteiger partial charge in [0.15, 0.2) is 0 Å². The maximum absolute atomic E-state index is 11.5. The van der Waals surface area contributed by atoms with Crippen LogP contribution in [0.5, 0.6) is 0 Å². The smallest absolute Gasteiger partial charge is 0.293 e. The quantitative estimate of drug-likeness (QED) is 0.346. The number of hydrogen-bond acceptors (Lipinski definition) is 8. The molecule has 0 saturated carbocycles. The molecule has 0 atom stereocenters. The third-order valence-electron chi connectivity index (χ3n) is 4.00. The van der Waals surface area contributed by atoms with Crippen molar-refractivity contribution < 1.29 is 19.4 Å². The zero-order chi connectivity index (χ0) is 22.6. The Morgan fingerprint density at radius 3 is 1.37 bits per heavy atom. The van der Waals surface area contributed by atoms with Gasteiger partial charge in [-0.2, -0.15) is 0 Å². The molecule has 0 heterocycles. The van der Waals surface area contributed by atoms with Crippen LogP contribution in [0, 0.1) is 34.1 Å². The van der Waals surface area contributed by atoms with Crippen molar-refractivity contribution >= 4 is 56.2 Å². The van der Waals surface area contributed by atoms with Gasteiger partial charge in [0.05, 0.1) is 9.85 Å². The minimum atomic E-state index is -0.569. The van der Waals surface area contributed by atoms with Crippen molar-refractivity contribution in [2.45, 2.75) is 37.5 Å². The highest BCUT2D eigenvalue weighted by atomic mass is 33.1. The summed E-state index contributed by atoms with van der Waals surface area (Å²) < 4.78 is 0. The number of carbonyl (C=O) groups is 2. The fourth-order valence-electron chi connectivity index (χ4n) is 2.60. The number of rotatable bonds is 7. The standard InChI is InChI=1S/C18H18N4O6S2/c1-9-15(7-5-13(21(25)26)17(9)19-11(3)23)29-30-16-8-6-14(22(27)28)18(10(16)2)20-12(4)24/h5-8H,1-4H3,(H,19,23)(H,20,24). The summed E-state index contributed by atoms with van der Waals surface area (Å²) in [4.78, 5) is 45.6. The number of amides is 2. The molecule has 10 nitrogen and oxygen atoms in total. The van der Waals surface area contributed by atoms with Crippen molar-refractivity contribution in [2.75, 3.05) is 10.6 Å². The summed E-state index contributed by atoms with van der Waals surface area (Å²) in [6, 6.07) is 5.77. The third kappa shape index (κ3) is 5.27. The first-order valence-corrected chi connectivity index (χ1v) is 10.6. The molecular weight excluding hydrogens is 432 g/mol. The van der Waals surface area contributed by atoms with Crippen molar-refractivity contribution in [3.05, 3.63) is 55.6 Å². The van der Waals surface area contributed by atoms with Crippen molar-refractivity contribution in [3.63, 3.8) is 0 Å². The number of anilines is 2. The lowest BCUT2D eigenvalue weighted by atomic mass is 10.1. The monoisotopic (exact) mass is 450 g/mol. The van der Waals surface area contributed by atoms with Gasteiger partial charge in [0, 0.05) is 35.8 Å². The van der Waals surface area contributed by atoms with Gasteiger partial charge in [-0.05, 0) is 37.1 Å². The van der Waals surface area contributed by atoms with Crippen molar-refractivity contribution in [1.29, 1.82) is 0 Å². The predicted molar refractivity (Wildman–Crippen MR) is 116 cm³/mol. The summed E-state index contributed by atoms with van der Waals surface area (Å²) in [5.74, 6) is -0.857. The number of nitro benzene ring substituents is 2. The van der Waals surface area contributed by atoms with Gasteiger partial charge in [0.25, 0.3) is 11.4 Å². The van der Waals surface area contributed by atoms with E-state index in [2.05, 4.69) is 10.6 Å². The fourth-order valence-corrected chi connectivity index (χ4v) is 5.10. The summed E-state index contributed by atoms with van der Waals surface area (Å²) in [7, 11) is 2.56. The van der Waals surface area contributed by atoms with E-state index in [9.17, 15) is 29.8 Å². The first-order chi connectivity index (χ1) is 14.0. The number of carbonyl (C=O) groups excluding carboxylic acids is 2. The lowest BCUT2D eigenvalue weighted by Crippen LogP contribution is -2.10. The van der Waals surface area contributed by atoms with E-state index in [1.54, 1.807) is 26.0 Å². The average Bonchev–Trinajstić information content (AvgIpc) is 2.63. The number of hydrogen-bond donors (Lipinski definition) is 2. The number of nitro groups is 2. The van der Waals surface area contributed by atoms with E-state index in [-0.39, 0.29) is 22.7 Å². The lowest BCUT2D eigenvalue weighted by molar-refractivity contribution is -0.384. The molecule has 0 radical (unpaired) electrons. The second kappa shape index (κ2) is 9.59. The van der Waals surface area contributed by atoms with Crippen molar-refractivity contribution in [2.24, 2.45) is 0 Å². The zero-order valence-electron chi connectivity index (χ0n) is 16.5. The van der Waals surface area contributed by atoms with Gasteiger partial charge in [0.1, 0.15) is 11.4 Å². The molecule has 158 valence electrons.